The molecule has 3 N–H and O–H groups in total. The summed E-state index contributed by atoms with van der Waals surface area (Å²) in [4.78, 5) is 23.0. The Morgan fingerprint density at radius 1 is 1.54 bits per heavy atom. The summed E-state index contributed by atoms with van der Waals surface area (Å²) in [6, 6.07) is -1.38. The number of hydrogen-bond acceptors (Lipinski definition) is 2. The molecule has 0 aromatic rings. The van der Waals surface area contributed by atoms with Crippen LogP contribution in [0.25, 0.3) is 0 Å². The number of primary amides is 1. The summed E-state index contributed by atoms with van der Waals surface area (Å²) in [6.45, 7) is 2.28. The summed E-state index contributed by atoms with van der Waals surface area (Å²) in [6.07, 6.45) is 1.66. The molecule has 0 radical (unpaired) electrons. The van der Waals surface area contributed by atoms with Gasteiger partial charge in [-0.25, -0.2) is 9.59 Å². The Kier molecular flexibility index (Phi) is 2.75. The van der Waals surface area contributed by atoms with E-state index in [9.17, 15) is 9.59 Å². The third-order valence-corrected chi connectivity index (χ3v) is 2.47. The van der Waals surface area contributed by atoms with Gasteiger partial charge in [0.25, 0.3) is 0 Å². The lowest BCUT2D eigenvalue weighted by atomic mass is 9.91. The molecule has 1 fully saturated rings. The topological polar surface area (TPSA) is 83.6 Å². The quantitative estimate of drug-likeness (QED) is 0.615. The lowest BCUT2D eigenvalue weighted by Crippen LogP contribution is -2.53. The summed E-state index contributed by atoms with van der Waals surface area (Å²) in [5.74, 6) is -0.982. The van der Waals surface area contributed by atoms with E-state index in [-0.39, 0.29) is 5.92 Å². The normalized spacial score (nSPS) is 28.5. The van der Waals surface area contributed by atoms with Crippen LogP contribution in [0.1, 0.15) is 19.8 Å². The van der Waals surface area contributed by atoms with Crippen molar-refractivity contribution in [2.24, 2.45) is 11.7 Å². The van der Waals surface area contributed by atoms with Gasteiger partial charge in [-0.15, -0.1) is 0 Å². The van der Waals surface area contributed by atoms with Crippen molar-refractivity contribution < 1.29 is 14.7 Å². The third-order valence-electron chi connectivity index (χ3n) is 2.47. The molecule has 0 saturated carbocycles. The van der Waals surface area contributed by atoms with E-state index < -0.39 is 18.0 Å². The Morgan fingerprint density at radius 2 is 2.15 bits per heavy atom. The number of aliphatic carboxylic acids is 1. The number of urea groups is 1. The van der Waals surface area contributed by atoms with Gasteiger partial charge in [0, 0.05) is 6.54 Å². The highest BCUT2D eigenvalue weighted by molar-refractivity contribution is 5.82. The van der Waals surface area contributed by atoms with Gasteiger partial charge in [-0.1, -0.05) is 6.92 Å². The number of carboxylic acid groups (broad SMARTS) is 1. The average molecular weight is 186 g/mol. The molecule has 0 aliphatic carbocycles. The van der Waals surface area contributed by atoms with E-state index in [0.29, 0.717) is 6.54 Å². The third kappa shape index (κ3) is 1.91. The van der Waals surface area contributed by atoms with Gasteiger partial charge in [-0.05, 0) is 18.8 Å². The number of nitrogens with zero attached hydrogens (tertiary/aromatic N) is 1. The molecular weight excluding hydrogens is 172 g/mol. The van der Waals surface area contributed by atoms with E-state index in [4.69, 9.17) is 10.8 Å². The number of carbonyl (C=O) groups is 2. The summed E-state index contributed by atoms with van der Waals surface area (Å²) < 4.78 is 0. The predicted octanol–water partition coefficient (Wildman–Crippen LogP) is 0.250. The molecule has 0 aromatic carbocycles. The van der Waals surface area contributed by atoms with Gasteiger partial charge in [-0.2, -0.15) is 0 Å². The van der Waals surface area contributed by atoms with E-state index in [1.165, 1.54) is 4.90 Å². The van der Waals surface area contributed by atoms with E-state index >= 15 is 0 Å². The summed E-state index contributed by atoms with van der Waals surface area (Å²) >= 11 is 0. The number of rotatable bonds is 1. The minimum Gasteiger partial charge on any atom is -0.480 e. The fourth-order valence-corrected chi connectivity index (χ4v) is 1.81. The molecule has 5 nitrogen and oxygen atoms in total. The van der Waals surface area contributed by atoms with E-state index in [2.05, 4.69) is 0 Å². The molecular formula is C8H14N2O3. The molecule has 0 aromatic heterocycles. The van der Waals surface area contributed by atoms with E-state index in [1.54, 1.807) is 0 Å². The lowest BCUT2D eigenvalue weighted by Gasteiger charge is -2.35. The van der Waals surface area contributed by atoms with Crippen LogP contribution in [0.5, 0.6) is 0 Å². The molecule has 13 heavy (non-hydrogen) atoms. The van der Waals surface area contributed by atoms with Crippen LogP contribution in [0.15, 0.2) is 0 Å². The second-order valence-corrected chi connectivity index (χ2v) is 3.43. The molecule has 1 rings (SSSR count). The molecule has 2 atom stereocenters. The van der Waals surface area contributed by atoms with Crippen LogP contribution in [0, 0.1) is 5.92 Å². The van der Waals surface area contributed by atoms with Crippen molar-refractivity contribution in [1.29, 1.82) is 0 Å². The molecule has 1 aliphatic rings. The smallest absolute Gasteiger partial charge is 0.326 e. The number of likely N-dealkylation sites (tertiary alicyclic amines) is 1. The Labute approximate surface area is 76.5 Å². The van der Waals surface area contributed by atoms with Crippen LogP contribution in [0.3, 0.4) is 0 Å². The molecule has 0 spiro atoms. The maximum absolute atomic E-state index is 10.9. The molecule has 74 valence electrons. The van der Waals surface area contributed by atoms with Crippen molar-refractivity contribution in [3.63, 3.8) is 0 Å². The van der Waals surface area contributed by atoms with Crippen LogP contribution < -0.4 is 5.73 Å². The number of hydrogen-bond donors (Lipinski definition) is 2. The maximum Gasteiger partial charge on any atom is 0.326 e. The van der Waals surface area contributed by atoms with Crippen molar-refractivity contribution in [1.82, 2.24) is 4.90 Å². The average Bonchev–Trinajstić information content (AvgIpc) is 2.02. The molecule has 2 amide bonds. The van der Waals surface area contributed by atoms with Crippen LogP contribution in [-0.2, 0) is 4.79 Å². The van der Waals surface area contributed by atoms with Crippen LogP contribution in [0.2, 0.25) is 0 Å². The van der Waals surface area contributed by atoms with E-state index in [1.807, 2.05) is 6.92 Å². The molecule has 5 heteroatoms. The number of nitrogens with two attached hydrogens (primary N) is 1. The molecule has 1 aliphatic heterocycles. The number of amides is 2. The SMILES string of the molecule is CC1CCCN(C(N)=O)C1C(=O)O. The largest absolute Gasteiger partial charge is 0.480 e. The van der Waals surface area contributed by atoms with Crippen LogP contribution >= 0.6 is 0 Å². The van der Waals surface area contributed by atoms with Gasteiger partial charge in [-0.3, -0.25) is 0 Å². The van der Waals surface area contributed by atoms with Crippen molar-refractivity contribution in [3.05, 3.63) is 0 Å². The Morgan fingerprint density at radius 3 is 2.54 bits per heavy atom. The Hall–Kier alpha value is -1.26. The minimum atomic E-state index is -0.967. The van der Waals surface area contributed by atoms with Gasteiger partial charge < -0.3 is 15.7 Å². The van der Waals surface area contributed by atoms with Gasteiger partial charge >= 0.3 is 12.0 Å². The predicted molar refractivity (Wildman–Crippen MR) is 46.1 cm³/mol. The fraction of sp³-hybridized carbons (Fsp3) is 0.750. The van der Waals surface area contributed by atoms with Crippen molar-refractivity contribution in [3.8, 4) is 0 Å². The van der Waals surface area contributed by atoms with Crippen LogP contribution in [0.4, 0.5) is 4.79 Å². The van der Waals surface area contributed by atoms with E-state index in [0.717, 1.165) is 12.8 Å². The highest BCUT2D eigenvalue weighted by Gasteiger charge is 2.35. The van der Waals surface area contributed by atoms with Gasteiger partial charge in [0.15, 0.2) is 0 Å². The van der Waals surface area contributed by atoms with Crippen molar-refractivity contribution in [2.45, 2.75) is 25.8 Å². The van der Waals surface area contributed by atoms with Gasteiger partial charge in [0.1, 0.15) is 6.04 Å². The fourth-order valence-electron chi connectivity index (χ4n) is 1.81. The first-order chi connectivity index (χ1) is 6.04. The van der Waals surface area contributed by atoms with Gasteiger partial charge in [0.05, 0.1) is 0 Å². The van der Waals surface area contributed by atoms with Crippen LogP contribution in [-0.4, -0.2) is 34.6 Å². The number of carbonyl (C=O) groups excluding carboxylic acids is 1. The minimum absolute atomic E-state index is 0.0150. The molecule has 1 heterocycles. The summed E-state index contributed by atoms with van der Waals surface area (Å²) in [7, 11) is 0. The zero-order valence-corrected chi connectivity index (χ0v) is 7.56. The first kappa shape index (κ1) is 9.83. The van der Waals surface area contributed by atoms with Crippen molar-refractivity contribution in [2.75, 3.05) is 6.54 Å². The molecule has 2 unspecified atom stereocenters. The zero-order valence-electron chi connectivity index (χ0n) is 7.56. The Balaban J connectivity index is 2.80. The first-order valence-electron chi connectivity index (χ1n) is 4.33. The summed E-state index contributed by atoms with van der Waals surface area (Å²) in [5, 5.41) is 8.88. The number of piperidine rings is 1. The highest BCUT2D eigenvalue weighted by Crippen LogP contribution is 2.22. The lowest BCUT2D eigenvalue weighted by molar-refractivity contribution is -0.145. The Bertz CT molecular complexity index is 229. The standard InChI is InChI=1S/C8H14N2O3/c1-5-3-2-4-10(8(9)13)6(5)7(11)12/h5-6H,2-4H2,1H3,(H2,9,13)(H,11,12). The zero-order chi connectivity index (χ0) is 10.0. The second-order valence-electron chi connectivity index (χ2n) is 3.43. The number of carboxylic acids is 1. The summed E-state index contributed by atoms with van der Waals surface area (Å²) in [5.41, 5.74) is 5.08. The molecule has 0 bridgehead atoms. The monoisotopic (exact) mass is 186 g/mol. The molecule has 1 saturated heterocycles. The second kappa shape index (κ2) is 3.64. The highest BCUT2D eigenvalue weighted by atomic mass is 16.4. The van der Waals surface area contributed by atoms with Gasteiger partial charge in [0.2, 0.25) is 0 Å². The first-order valence-corrected chi connectivity index (χ1v) is 4.33. The van der Waals surface area contributed by atoms with Crippen molar-refractivity contribution >= 4 is 12.0 Å². The maximum atomic E-state index is 10.9.